The van der Waals surface area contributed by atoms with Gasteiger partial charge in [0.2, 0.25) is 0 Å². The fourth-order valence-corrected chi connectivity index (χ4v) is 4.13. The Morgan fingerprint density at radius 3 is 2.63 bits per heavy atom. The number of hydrogen-bond donors (Lipinski definition) is 0. The first-order valence-corrected chi connectivity index (χ1v) is 10.5. The van der Waals surface area contributed by atoms with E-state index in [-0.39, 0.29) is 5.82 Å². The van der Waals surface area contributed by atoms with Crippen molar-refractivity contribution in [3.8, 4) is 5.75 Å². The standard InChI is InChI=1S/C23H24FNO4S/c1-27-13-19(23(26)29-3)18-7-5-4-6-16(18)14-30-22(15-8-9-15)25-20-11-10-17(24)12-21(20)28-2/h4-7,10-13,15H,8-9,14H2,1-3H3. The van der Waals surface area contributed by atoms with Gasteiger partial charge in [-0.3, -0.25) is 0 Å². The van der Waals surface area contributed by atoms with Crippen molar-refractivity contribution in [2.24, 2.45) is 10.9 Å². The number of thioether (sulfide) groups is 1. The van der Waals surface area contributed by atoms with Crippen molar-refractivity contribution in [3.63, 3.8) is 0 Å². The molecule has 0 saturated heterocycles. The first-order valence-electron chi connectivity index (χ1n) is 9.51. The molecule has 0 N–H and O–H groups in total. The number of rotatable bonds is 8. The quantitative estimate of drug-likeness (QED) is 0.186. The van der Waals surface area contributed by atoms with E-state index in [0.29, 0.717) is 28.7 Å². The lowest BCUT2D eigenvalue weighted by molar-refractivity contribution is -0.133. The monoisotopic (exact) mass is 429 g/mol. The molecular weight excluding hydrogens is 405 g/mol. The van der Waals surface area contributed by atoms with Crippen LogP contribution < -0.4 is 4.74 Å². The predicted molar refractivity (Wildman–Crippen MR) is 118 cm³/mol. The Kier molecular flexibility index (Phi) is 7.52. The maximum atomic E-state index is 13.5. The van der Waals surface area contributed by atoms with Crippen LogP contribution in [-0.2, 0) is 20.0 Å². The van der Waals surface area contributed by atoms with Crippen LogP contribution in [0.15, 0.2) is 53.7 Å². The first kappa shape index (κ1) is 21.9. The Morgan fingerprint density at radius 1 is 1.20 bits per heavy atom. The topological polar surface area (TPSA) is 57.1 Å². The van der Waals surface area contributed by atoms with Gasteiger partial charge in [0.1, 0.15) is 22.8 Å². The van der Waals surface area contributed by atoms with Crippen molar-refractivity contribution in [1.29, 1.82) is 0 Å². The third-order valence-electron chi connectivity index (χ3n) is 4.62. The van der Waals surface area contributed by atoms with Crippen molar-refractivity contribution in [3.05, 3.63) is 65.7 Å². The lowest BCUT2D eigenvalue weighted by Crippen LogP contribution is -2.07. The molecule has 2 aromatic rings. The van der Waals surface area contributed by atoms with Gasteiger partial charge in [-0.2, -0.15) is 0 Å². The van der Waals surface area contributed by atoms with Gasteiger partial charge in [-0.1, -0.05) is 24.3 Å². The second-order valence-electron chi connectivity index (χ2n) is 6.75. The molecule has 7 heteroatoms. The largest absolute Gasteiger partial charge is 0.503 e. The molecule has 0 spiro atoms. The van der Waals surface area contributed by atoms with Gasteiger partial charge in [0.25, 0.3) is 0 Å². The molecule has 0 aromatic heterocycles. The lowest BCUT2D eigenvalue weighted by atomic mass is 10.0. The van der Waals surface area contributed by atoms with Gasteiger partial charge in [0, 0.05) is 17.7 Å². The minimum atomic E-state index is -0.457. The van der Waals surface area contributed by atoms with E-state index in [4.69, 9.17) is 19.2 Å². The lowest BCUT2D eigenvalue weighted by Gasteiger charge is -2.13. The highest BCUT2D eigenvalue weighted by Gasteiger charge is 2.29. The van der Waals surface area contributed by atoms with Crippen LogP contribution in [0, 0.1) is 11.7 Å². The van der Waals surface area contributed by atoms with E-state index < -0.39 is 5.97 Å². The Hall–Kier alpha value is -2.80. The number of carbonyl (C=O) groups is 1. The van der Waals surface area contributed by atoms with E-state index in [1.54, 1.807) is 17.8 Å². The van der Waals surface area contributed by atoms with Crippen LogP contribution >= 0.6 is 11.8 Å². The highest BCUT2D eigenvalue weighted by atomic mass is 32.2. The Labute approximate surface area is 179 Å². The highest BCUT2D eigenvalue weighted by molar-refractivity contribution is 8.13. The van der Waals surface area contributed by atoms with Crippen LogP contribution in [0.4, 0.5) is 10.1 Å². The molecule has 1 aliphatic rings. The molecule has 0 atom stereocenters. The number of carbonyl (C=O) groups excluding carboxylic acids is 1. The fourth-order valence-electron chi connectivity index (χ4n) is 2.94. The van der Waals surface area contributed by atoms with Crippen molar-refractivity contribution in [2.75, 3.05) is 21.3 Å². The molecule has 0 bridgehead atoms. The van der Waals surface area contributed by atoms with Gasteiger partial charge in [-0.05, 0) is 36.1 Å². The minimum absolute atomic E-state index is 0.361. The molecule has 30 heavy (non-hydrogen) atoms. The summed E-state index contributed by atoms with van der Waals surface area (Å²) < 4.78 is 28.8. The van der Waals surface area contributed by atoms with Crippen LogP contribution in [0.2, 0.25) is 0 Å². The molecule has 0 aliphatic heterocycles. The van der Waals surface area contributed by atoms with Gasteiger partial charge in [0.05, 0.1) is 32.6 Å². The number of ether oxygens (including phenoxy) is 3. The summed E-state index contributed by atoms with van der Waals surface area (Å²) in [5.74, 6) is 0.603. The summed E-state index contributed by atoms with van der Waals surface area (Å²) in [5.41, 5.74) is 2.70. The van der Waals surface area contributed by atoms with Crippen molar-refractivity contribution >= 4 is 34.0 Å². The molecule has 0 unspecified atom stereocenters. The zero-order valence-corrected chi connectivity index (χ0v) is 18.0. The average Bonchev–Trinajstić information content (AvgIpc) is 3.61. The van der Waals surface area contributed by atoms with E-state index in [0.717, 1.165) is 29.0 Å². The van der Waals surface area contributed by atoms with E-state index in [1.165, 1.54) is 39.7 Å². The molecule has 1 fully saturated rings. The number of halogens is 1. The number of methoxy groups -OCH3 is 3. The van der Waals surface area contributed by atoms with Crippen LogP contribution in [0.25, 0.3) is 5.57 Å². The molecule has 158 valence electrons. The van der Waals surface area contributed by atoms with Gasteiger partial charge in [-0.25, -0.2) is 14.2 Å². The van der Waals surface area contributed by atoms with E-state index in [1.807, 2.05) is 24.3 Å². The summed E-state index contributed by atoms with van der Waals surface area (Å²) in [4.78, 5) is 17.0. The third-order valence-corrected chi connectivity index (χ3v) is 5.80. The molecular formula is C23H24FNO4S. The Morgan fingerprint density at radius 2 is 1.97 bits per heavy atom. The smallest absolute Gasteiger partial charge is 0.341 e. The third kappa shape index (κ3) is 5.42. The van der Waals surface area contributed by atoms with Crippen LogP contribution in [0.1, 0.15) is 24.0 Å². The predicted octanol–water partition coefficient (Wildman–Crippen LogP) is 5.37. The van der Waals surface area contributed by atoms with Crippen molar-refractivity contribution < 1.29 is 23.4 Å². The minimum Gasteiger partial charge on any atom is -0.503 e. The second kappa shape index (κ2) is 10.3. The Bertz CT molecular complexity index is 969. The summed E-state index contributed by atoms with van der Waals surface area (Å²) >= 11 is 1.61. The highest BCUT2D eigenvalue weighted by Crippen LogP contribution is 2.40. The molecule has 0 radical (unpaired) electrons. The normalized spacial score (nSPS) is 14.4. The number of aliphatic imine (C=N–C) groups is 1. The summed E-state index contributed by atoms with van der Waals surface area (Å²) in [5, 5.41) is 0.977. The number of esters is 1. The molecule has 1 aliphatic carbocycles. The van der Waals surface area contributed by atoms with Crippen LogP contribution in [0.3, 0.4) is 0 Å². The van der Waals surface area contributed by atoms with E-state index in [9.17, 15) is 9.18 Å². The molecule has 0 amide bonds. The van der Waals surface area contributed by atoms with E-state index in [2.05, 4.69) is 0 Å². The zero-order valence-electron chi connectivity index (χ0n) is 17.2. The van der Waals surface area contributed by atoms with Gasteiger partial charge in [0.15, 0.2) is 0 Å². The molecule has 0 heterocycles. The van der Waals surface area contributed by atoms with Crippen LogP contribution in [0.5, 0.6) is 5.75 Å². The molecule has 1 saturated carbocycles. The number of benzene rings is 2. The summed E-state index contributed by atoms with van der Waals surface area (Å²) in [6.07, 6.45) is 3.55. The average molecular weight is 430 g/mol. The van der Waals surface area contributed by atoms with Gasteiger partial charge < -0.3 is 14.2 Å². The van der Waals surface area contributed by atoms with Gasteiger partial charge >= 0.3 is 5.97 Å². The SMILES string of the molecule is COC=C(C(=O)OC)c1ccccc1CSC(=Nc1ccc(F)cc1OC)C1CC1. The molecule has 2 aromatic carbocycles. The summed E-state index contributed by atoms with van der Waals surface area (Å²) in [7, 11) is 4.34. The van der Waals surface area contributed by atoms with Crippen molar-refractivity contribution in [1.82, 2.24) is 0 Å². The fraction of sp³-hybridized carbons (Fsp3) is 0.304. The molecule has 3 rings (SSSR count). The van der Waals surface area contributed by atoms with Crippen LogP contribution in [-0.4, -0.2) is 32.3 Å². The summed E-state index contributed by atoms with van der Waals surface area (Å²) in [6.45, 7) is 0. The first-order chi connectivity index (χ1) is 14.6. The zero-order chi connectivity index (χ0) is 21.5. The van der Waals surface area contributed by atoms with Crippen molar-refractivity contribution in [2.45, 2.75) is 18.6 Å². The number of hydrogen-bond acceptors (Lipinski definition) is 6. The van der Waals surface area contributed by atoms with E-state index >= 15 is 0 Å². The maximum Gasteiger partial charge on any atom is 0.341 e. The number of nitrogens with zero attached hydrogens (tertiary/aromatic N) is 1. The summed E-state index contributed by atoms with van der Waals surface area (Å²) in [6, 6.07) is 12.0. The Balaban J connectivity index is 1.87. The second-order valence-corrected chi connectivity index (χ2v) is 7.74. The maximum absolute atomic E-state index is 13.5. The van der Waals surface area contributed by atoms with Gasteiger partial charge in [-0.15, -0.1) is 11.8 Å². The molecule has 5 nitrogen and oxygen atoms in total.